The summed E-state index contributed by atoms with van der Waals surface area (Å²) in [5.41, 5.74) is -0.489. The highest BCUT2D eigenvalue weighted by molar-refractivity contribution is 5.90. The lowest BCUT2D eigenvalue weighted by Gasteiger charge is -2.59. The summed E-state index contributed by atoms with van der Waals surface area (Å²) in [5, 5.41) is 2.99. The van der Waals surface area contributed by atoms with Crippen molar-refractivity contribution in [2.45, 2.75) is 57.9 Å². The lowest BCUT2D eigenvalue weighted by molar-refractivity contribution is -0.182. The fourth-order valence-corrected chi connectivity index (χ4v) is 6.85. The summed E-state index contributed by atoms with van der Waals surface area (Å²) in [6, 6.07) is 5.95. The molecule has 2 unspecified atom stereocenters. The second-order valence-electron chi connectivity index (χ2n) is 10.9. The molecule has 0 heterocycles. The van der Waals surface area contributed by atoms with Crippen molar-refractivity contribution in [1.82, 2.24) is 10.2 Å². The van der Waals surface area contributed by atoms with E-state index in [4.69, 9.17) is 14.2 Å². The van der Waals surface area contributed by atoms with Crippen molar-refractivity contribution in [3.8, 4) is 5.75 Å². The third-order valence-electron chi connectivity index (χ3n) is 7.97. The molecule has 2 amide bonds. The normalized spacial score (nSPS) is 28.7. The van der Waals surface area contributed by atoms with Crippen molar-refractivity contribution in [2.24, 2.45) is 22.7 Å². The van der Waals surface area contributed by atoms with Crippen LogP contribution in [-0.2, 0) is 30.3 Å². The Balaban J connectivity index is 1.50. The summed E-state index contributed by atoms with van der Waals surface area (Å²) >= 11 is 0. The van der Waals surface area contributed by atoms with Crippen LogP contribution in [0.25, 0.3) is 0 Å². The van der Waals surface area contributed by atoms with Gasteiger partial charge in [-0.3, -0.25) is 9.59 Å². The molecular weight excluding hydrogens is 464 g/mol. The first-order chi connectivity index (χ1) is 17.1. The van der Waals surface area contributed by atoms with E-state index in [9.17, 15) is 19.2 Å². The number of rotatable bonds is 8. The van der Waals surface area contributed by atoms with Crippen LogP contribution < -0.4 is 10.1 Å². The van der Waals surface area contributed by atoms with Gasteiger partial charge in [0, 0.05) is 20.5 Å². The van der Waals surface area contributed by atoms with Gasteiger partial charge in [-0.05, 0) is 75.0 Å². The Morgan fingerprint density at radius 2 is 1.64 bits per heavy atom. The Kier molecular flexibility index (Phi) is 7.29. The van der Waals surface area contributed by atoms with Crippen LogP contribution in [0.4, 0.5) is 4.79 Å². The maximum atomic E-state index is 13.8. The maximum Gasteiger partial charge on any atom is 0.414 e. The van der Waals surface area contributed by atoms with E-state index in [2.05, 4.69) is 5.32 Å². The molecule has 3 atom stereocenters. The second kappa shape index (κ2) is 10.1. The first kappa shape index (κ1) is 26.0. The number of esters is 2. The summed E-state index contributed by atoms with van der Waals surface area (Å²) in [7, 11) is 4.61. The van der Waals surface area contributed by atoms with Gasteiger partial charge in [0.15, 0.2) is 0 Å². The third-order valence-corrected chi connectivity index (χ3v) is 7.97. The van der Waals surface area contributed by atoms with Crippen LogP contribution in [0, 0.1) is 22.7 Å². The molecule has 4 fully saturated rings. The zero-order valence-corrected chi connectivity index (χ0v) is 21.5. The molecule has 36 heavy (non-hydrogen) atoms. The van der Waals surface area contributed by atoms with E-state index in [1.165, 1.54) is 12.0 Å². The molecule has 0 aliphatic heterocycles. The van der Waals surface area contributed by atoms with Crippen molar-refractivity contribution in [3.05, 3.63) is 29.8 Å². The lowest BCUT2D eigenvalue weighted by atomic mass is 9.44. The van der Waals surface area contributed by atoms with E-state index in [-0.39, 0.29) is 24.9 Å². The number of methoxy groups -OCH3 is 1. The van der Waals surface area contributed by atoms with Crippen molar-refractivity contribution < 1.29 is 33.4 Å². The number of carbonyl (C=O) groups excluding carboxylic acids is 4. The Bertz CT molecular complexity index is 1010. The molecule has 0 aromatic heterocycles. The van der Waals surface area contributed by atoms with Crippen LogP contribution >= 0.6 is 0 Å². The quantitative estimate of drug-likeness (QED) is 0.546. The average Bonchev–Trinajstić information content (AvgIpc) is 2.83. The van der Waals surface area contributed by atoms with Crippen molar-refractivity contribution in [2.75, 3.05) is 27.8 Å². The minimum Gasteiger partial charge on any atom is -0.469 e. The molecule has 9 heteroatoms. The predicted molar refractivity (Wildman–Crippen MR) is 130 cm³/mol. The molecule has 196 valence electrons. The summed E-state index contributed by atoms with van der Waals surface area (Å²) in [5.74, 6) is 0.117. The van der Waals surface area contributed by atoms with E-state index in [0.29, 0.717) is 24.0 Å². The number of nitrogens with one attached hydrogen (secondary N) is 1. The first-order valence-electron chi connectivity index (χ1n) is 12.6. The van der Waals surface area contributed by atoms with E-state index in [0.717, 1.165) is 37.7 Å². The van der Waals surface area contributed by atoms with Gasteiger partial charge in [-0.25, -0.2) is 9.59 Å². The number of nitrogens with zero attached hydrogens (tertiary/aromatic N) is 1. The first-order valence-corrected chi connectivity index (χ1v) is 12.6. The summed E-state index contributed by atoms with van der Waals surface area (Å²) in [4.78, 5) is 52.4. The number of hydrogen-bond donors (Lipinski definition) is 1. The van der Waals surface area contributed by atoms with Gasteiger partial charge in [0.1, 0.15) is 11.8 Å². The van der Waals surface area contributed by atoms with Gasteiger partial charge in [0.2, 0.25) is 5.91 Å². The maximum absolute atomic E-state index is 13.8. The number of benzene rings is 1. The van der Waals surface area contributed by atoms with Crippen LogP contribution in [0.1, 0.15) is 51.0 Å². The molecular formula is C27H36N2O7. The average molecular weight is 501 g/mol. The smallest absolute Gasteiger partial charge is 0.414 e. The highest BCUT2D eigenvalue weighted by Crippen LogP contribution is 2.65. The molecule has 0 spiro atoms. The fraction of sp³-hybridized carbons (Fsp3) is 0.630. The van der Waals surface area contributed by atoms with Gasteiger partial charge in [-0.1, -0.05) is 12.1 Å². The zero-order valence-electron chi connectivity index (χ0n) is 21.5. The van der Waals surface area contributed by atoms with Crippen LogP contribution in [0.2, 0.25) is 0 Å². The molecule has 9 nitrogen and oxygen atoms in total. The van der Waals surface area contributed by atoms with Gasteiger partial charge >= 0.3 is 18.0 Å². The highest BCUT2D eigenvalue weighted by Gasteiger charge is 2.63. The number of carbonyl (C=O) groups is 4. The van der Waals surface area contributed by atoms with E-state index >= 15 is 0 Å². The SMILES string of the molecule is CCOC(=O)[C@H](Cc1ccc(OC(=O)N(C)C)cc1)NC(=O)C12CC3CC(C1)CC(C(=O)OC)(C3)C2. The standard InChI is InChI=1S/C27H36N2O7/c1-5-35-22(30)21(11-17-6-8-20(9-7-17)36-25(33)29(2)3)28-23(31)26-12-18-10-19(13-26)15-27(14-18,16-26)24(32)34-4/h6-9,18-19,21H,5,10-16H2,1-4H3,(H,28,31)/t18?,19?,21-,26?,27?/m0/s1. The van der Waals surface area contributed by atoms with Crippen molar-refractivity contribution >= 4 is 23.9 Å². The van der Waals surface area contributed by atoms with E-state index < -0.39 is 28.9 Å². The second-order valence-corrected chi connectivity index (χ2v) is 10.9. The van der Waals surface area contributed by atoms with Crippen LogP contribution in [-0.4, -0.2) is 62.7 Å². The molecule has 1 aromatic rings. The predicted octanol–water partition coefficient (Wildman–Crippen LogP) is 3.10. The van der Waals surface area contributed by atoms with Crippen LogP contribution in [0.15, 0.2) is 24.3 Å². The van der Waals surface area contributed by atoms with E-state index in [1.807, 2.05) is 0 Å². The molecule has 4 saturated carbocycles. The van der Waals surface area contributed by atoms with Gasteiger partial charge in [0.25, 0.3) is 0 Å². The summed E-state index contributed by atoms with van der Waals surface area (Å²) in [6.45, 7) is 1.93. The Hall–Kier alpha value is -3.10. The largest absolute Gasteiger partial charge is 0.469 e. The van der Waals surface area contributed by atoms with Crippen molar-refractivity contribution in [3.63, 3.8) is 0 Å². The Morgan fingerprint density at radius 3 is 2.19 bits per heavy atom. The molecule has 4 bridgehead atoms. The van der Waals surface area contributed by atoms with Gasteiger partial charge in [0.05, 0.1) is 24.5 Å². The monoisotopic (exact) mass is 500 g/mol. The molecule has 1 aromatic carbocycles. The molecule has 0 saturated heterocycles. The Morgan fingerprint density at radius 1 is 1.03 bits per heavy atom. The summed E-state index contributed by atoms with van der Waals surface area (Å²) in [6.07, 6.45) is 4.27. The van der Waals surface area contributed by atoms with Gasteiger partial charge in [-0.2, -0.15) is 0 Å². The number of ether oxygens (including phenoxy) is 3. The van der Waals surface area contributed by atoms with E-state index in [1.54, 1.807) is 45.3 Å². The fourth-order valence-electron chi connectivity index (χ4n) is 6.85. The molecule has 1 N–H and O–H groups in total. The molecule has 4 aliphatic rings. The topological polar surface area (TPSA) is 111 Å². The van der Waals surface area contributed by atoms with Gasteiger partial charge < -0.3 is 24.4 Å². The zero-order chi connectivity index (χ0) is 26.1. The minimum absolute atomic E-state index is 0.181. The number of hydrogen-bond acceptors (Lipinski definition) is 7. The minimum atomic E-state index is -0.866. The lowest BCUT2D eigenvalue weighted by Crippen LogP contribution is -2.61. The summed E-state index contributed by atoms with van der Waals surface area (Å²) < 4.78 is 15.7. The van der Waals surface area contributed by atoms with Gasteiger partial charge in [-0.15, -0.1) is 0 Å². The van der Waals surface area contributed by atoms with Crippen LogP contribution in [0.5, 0.6) is 5.75 Å². The van der Waals surface area contributed by atoms with Crippen LogP contribution in [0.3, 0.4) is 0 Å². The molecule has 4 aliphatic carbocycles. The van der Waals surface area contributed by atoms with Crippen molar-refractivity contribution in [1.29, 1.82) is 0 Å². The Labute approximate surface area is 211 Å². The third kappa shape index (κ3) is 5.06. The highest BCUT2D eigenvalue weighted by atomic mass is 16.6. The number of amides is 2. The molecule has 0 radical (unpaired) electrons. The molecule has 5 rings (SSSR count).